The molecule has 1 aromatic heterocycles. The average Bonchev–Trinajstić information content (AvgIpc) is 2.73. The van der Waals surface area contributed by atoms with Crippen LogP contribution in [0.15, 0.2) is 36.4 Å². The molecule has 2 aromatic carbocycles. The molecule has 1 heterocycles. The minimum atomic E-state index is -0.335. The summed E-state index contributed by atoms with van der Waals surface area (Å²) in [6.45, 7) is 1.81. The number of hydrogen-bond donors (Lipinski definition) is 1. The summed E-state index contributed by atoms with van der Waals surface area (Å²) in [5.74, 6) is -0.106. The quantitative estimate of drug-likeness (QED) is 0.736. The lowest BCUT2D eigenvalue weighted by Crippen LogP contribution is -2.01. The molecule has 5 heteroatoms. The van der Waals surface area contributed by atoms with Crippen molar-refractivity contribution in [1.82, 2.24) is 9.55 Å². The zero-order chi connectivity index (χ0) is 14.3. The normalized spacial score (nSPS) is 10.7. The number of aryl methyl sites for hydroxylation is 1. The fourth-order valence-electron chi connectivity index (χ4n) is 2.32. The summed E-state index contributed by atoms with van der Waals surface area (Å²) < 4.78 is 15.2. The van der Waals surface area contributed by atoms with Gasteiger partial charge in [0.2, 0.25) is 5.95 Å². The molecule has 98 valence electrons. The highest BCUT2D eigenvalue weighted by molar-refractivity contribution is 5.85. The molecule has 2 N–H and O–H groups in total. The van der Waals surface area contributed by atoms with Crippen LogP contribution in [0.25, 0.3) is 16.7 Å². The van der Waals surface area contributed by atoms with Crippen molar-refractivity contribution in [3.05, 3.63) is 53.3 Å². The van der Waals surface area contributed by atoms with Crippen LogP contribution >= 0.6 is 0 Å². The molecule has 0 fully saturated rings. The Balaban J connectivity index is 2.37. The van der Waals surface area contributed by atoms with Gasteiger partial charge in [-0.3, -0.25) is 4.57 Å². The standard InChI is InChI=1S/C15H11FN4/c1-9-5-11(16)7-12(6-9)20-13-4-2-3-10(8-17)14(13)19-15(20)18/h2-7H,1H3,(H2,18,19). The van der Waals surface area contributed by atoms with Crippen molar-refractivity contribution in [3.63, 3.8) is 0 Å². The van der Waals surface area contributed by atoms with Crippen molar-refractivity contribution in [1.29, 1.82) is 5.26 Å². The van der Waals surface area contributed by atoms with Gasteiger partial charge in [-0.2, -0.15) is 5.26 Å². The zero-order valence-electron chi connectivity index (χ0n) is 10.8. The largest absolute Gasteiger partial charge is 0.369 e. The van der Waals surface area contributed by atoms with Gasteiger partial charge in [0.15, 0.2) is 0 Å². The predicted molar refractivity (Wildman–Crippen MR) is 74.9 cm³/mol. The number of nitrogen functional groups attached to an aromatic ring is 1. The number of nitrogens with zero attached hydrogens (tertiary/aromatic N) is 3. The summed E-state index contributed by atoms with van der Waals surface area (Å²) in [6, 6.07) is 12.0. The van der Waals surface area contributed by atoms with Crippen LogP contribution in [0, 0.1) is 24.1 Å². The van der Waals surface area contributed by atoms with Crippen LogP contribution in [0.2, 0.25) is 0 Å². The smallest absolute Gasteiger partial charge is 0.205 e. The van der Waals surface area contributed by atoms with E-state index in [2.05, 4.69) is 11.1 Å². The van der Waals surface area contributed by atoms with Gasteiger partial charge in [0.25, 0.3) is 0 Å². The van der Waals surface area contributed by atoms with E-state index in [0.29, 0.717) is 22.3 Å². The Bertz CT molecular complexity index is 838. The Morgan fingerprint density at radius 3 is 2.80 bits per heavy atom. The van der Waals surface area contributed by atoms with Gasteiger partial charge in [-0.05, 0) is 42.8 Å². The predicted octanol–water partition coefficient (Wildman–Crippen LogP) is 2.93. The number of anilines is 1. The molecule has 0 amide bonds. The minimum absolute atomic E-state index is 0.229. The third kappa shape index (κ3) is 1.79. The summed E-state index contributed by atoms with van der Waals surface area (Å²) in [5.41, 5.74) is 8.97. The Morgan fingerprint density at radius 2 is 2.10 bits per heavy atom. The molecule has 20 heavy (non-hydrogen) atoms. The molecule has 0 aliphatic rings. The molecule has 0 saturated carbocycles. The van der Waals surface area contributed by atoms with E-state index in [1.807, 2.05) is 13.0 Å². The van der Waals surface area contributed by atoms with Gasteiger partial charge in [-0.1, -0.05) is 6.07 Å². The van der Waals surface area contributed by atoms with E-state index in [-0.39, 0.29) is 11.8 Å². The molecule has 0 atom stereocenters. The fourth-order valence-corrected chi connectivity index (χ4v) is 2.32. The summed E-state index contributed by atoms with van der Waals surface area (Å²) in [6.07, 6.45) is 0. The third-order valence-corrected chi connectivity index (χ3v) is 3.12. The lowest BCUT2D eigenvalue weighted by molar-refractivity contribution is 0.625. The molecule has 0 spiro atoms. The van der Waals surface area contributed by atoms with Gasteiger partial charge in [0.1, 0.15) is 17.4 Å². The Hall–Kier alpha value is -2.87. The molecule has 0 bridgehead atoms. The number of imidazole rings is 1. The maximum absolute atomic E-state index is 13.6. The SMILES string of the molecule is Cc1cc(F)cc(-n2c(N)nc3c(C#N)cccc32)c1. The second kappa shape index (κ2) is 4.35. The van der Waals surface area contributed by atoms with Gasteiger partial charge in [0, 0.05) is 0 Å². The van der Waals surface area contributed by atoms with Crippen LogP contribution < -0.4 is 5.73 Å². The summed E-state index contributed by atoms with van der Waals surface area (Å²) in [4.78, 5) is 4.22. The van der Waals surface area contributed by atoms with E-state index in [4.69, 9.17) is 11.0 Å². The molecule has 0 saturated heterocycles. The first kappa shape index (κ1) is 12.2. The maximum atomic E-state index is 13.6. The molecule has 3 aromatic rings. The van der Waals surface area contributed by atoms with Crippen molar-refractivity contribution < 1.29 is 4.39 Å². The zero-order valence-corrected chi connectivity index (χ0v) is 10.8. The molecule has 0 aliphatic carbocycles. The number of halogens is 1. The van der Waals surface area contributed by atoms with Crippen LogP contribution in [-0.2, 0) is 0 Å². The summed E-state index contributed by atoms with van der Waals surface area (Å²) in [7, 11) is 0. The number of benzene rings is 2. The summed E-state index contributed by atoms with van der Waals surface area (Å²) in [5, 5.41) is 9.09. The molecule has 0 radical (unpaired) electrons. The number of aromatic nitrogens is 2. The van der Waals surface area contributed by atoms with Crippen molar-refractivity contribution in [2.75, 3.05) is 5.73 Å². The molecule has 0 aliphatic heterocycles. The molecule has 3 rings (SSSR count). The lowest BCUT2D eigenvalue weighted by atomic mass is 10.2. The van der Waals surface area contributed by atoms with Crippen LogP contribution in [0.5, 0.6) is 0 Å². The molecular weight excluding hydrogens is 255 g/mol. The first-order valence-electron chi connectivity index (χ1n) is 6.05. The average molecular weight is 266 g/mol. The highest BCUT2D eigenvalue weighted by Gasteiger charge is 2.13. The second-order valence-electron chi connectivity index (χ2n) is 4.58. The topological polar surface area (TPSA) is 67.6 Å². The number of para-hydroxylation sites is 1. The van der Waals surface area contributed by atoms with Crippen molar-refractivity contribution in [2.24, 2.45) is 0 Å². The van der Waals surface area contributed by atoms with Gasteiger partial charge in [0.05, 0.1) is 16.8 Å². The minimum Gasteiger partial charge on any atom is -0.369 e. The van der Waals surface area contributed by atoms with Crippen LogP contribution in [-0.4, -0.2) is 9.55 Å². The van der Waals surface area contributed by atoms with Crippen molar-refractivity contribution >= 4 is 17.0 Å². The number of hydrogen-bond acceptors (Lipinski definition) is 3. The van der Waals surface area contributed by atoms with Crippen molar-refractivity contribution in [3.8, 4) is 11.8 Å². The first-order valence-corrected chi connectivity index (χ1v) is 6.05. The molecule has 4 nitrogen and oxygen atoms in total. The van der Waals surface area contributed by atoms with Gasteiger partial charge >= 0.3 is 0 Å². The number of rotatable bonds is 1. The maximum Gasteiger partial charge on any atom is 0.205 e. The van der Waals surface area contributed by atoms with Crippen LogP contribution in [0.1, 0.15) is 11.1 Å². The first-order chi connectivity index (χ1) is 9.60. The van der Waals surface area contributed by atoms with E-state index in [0.717, 1.165) is 5.56 Å². The number of nitriles is 1. The summed E-state index contributed by atoms with van der Waals surface area (Å²) >= 11 is 0. The highest BCUT2D eigenvalue weighted by Crippen LogP contribution is 2.26. The Labute approximate surface area is 114 Å². The van der Waals surface area contributed by atoms with Crippen LogP contribution in [0.4, 0.5) is 10.3 Å². The van der Waals surface area contributed by atoms with E-state index in [1.165, 1.54) is 12.1 Å². The van der Waals surface area contributed by atoms with E-state index in [1.54, 1.807) is 22.8 Å². The molecule has 0 unspecified atom stereocenters. The highest BCUT2D eigenvalue weighted by atomic mass is 19.1. The lowest BCUT2D eigenvalue weighted by Gasteiger charge is -2.08. The third-order valence-electron chi connectivity index (χ3n) is 3.12. The Morgan fingerprint density at radius 1 is 1.30 bits per heavy atom. The number of nitrogens with two attached hydrogens (primary N) is 1. The van der Waals surface area contributed by atoms with Gasteiger partial charge in [-0.15, -0.1) is 0 Å². The van der Waals surface area contributed by atoms with Crippen molar-refractivity contribution in [2.45, 2.75) is 6.92 Å². The van der Waals surface area contributed by atoms with Gasteiger partial charge < -0.3 is 5.73 Å². The Kier molecular flexibility index (Phi) is 2.65. The van der Waals surface area contributed by atoms with E-state index in [9.17, 15) is 4.39 Å². The monoisotopic (exact) mass is 266 g/mol. The fraction of sp³-hybridized carbons (Fsp3) is 0.0667. The van der Waals surface area contributed by atoms with E-state index < -0.39 is 0 Å². The number of fused-ring (bicyclic) bond motifs is 1. The second-order valence-corrected chi connectivity index (χ2v) is 4.58. The van der Waals surface area contributed by atoms with Crippen LogP contribution in [0.3, 0.4) is 0 Å². The molecular formula is C15H11FN4. The van der Waals surface area contributed by atoms with E-state index >= 15 is 0 Å². The van der Waals surface area contributed by atoms with Gasteiger partial charge in [-0.25, -0.2) is 9.37 Å².